The molecule has 2 aromatic heterocycles. The van der Waals surface area contributed by atoms with Crippen LogP contribution in [-0.4, -0.2) is 34.0 Å². The summed E-state index contributed by atoms with van der Waals surface area (Å²) in [6.45, 7) is 5.19. The van der Waals surface area contributed by atoms with E-state index in [1.165, 1.54) is 5.56 Å². The molecule has 4 rings (SSSR count). The van der Waals surface area contributed by atoms with Gasteiger partial charge in [-0.15, -0.1) is 0 Å². The highest BCUT2D eigenvalue weighted by atomic mass is 16.5. The van der Waals surface area contributed by atoms with Crippen molar-refractivity contribution in [3.63, 3.8) is 0 Å². The third-order valence-electron chi connectivity index (χ3n) is 4.33. The number of hydrogen-bond donors (Lipinski definition) is 0. The van der Waals surface area contributed by atoms with E-state index in [0.29, 0.717) is 43.4 Å². The molecule has 0 saturated carbocycles. The zero-order valence-corrected chi connectivity index (χ0v) is 13.7. The van der Waals surface area contributed by atoms with Crippen molar-refractivity contribution in [2.45, 2.75) is 26.7 Å². The molecule has 24 heavy (non-hydrogen) atoms. The number of aryl methyl sites for hydroxylation is 2. The molecule has 0 amide bonds. The molecule has 1 fully saturated rings. The largest absolute Gasteiger partial charge is 0.355 e. The molecule has 3 heterocycles. The van der Waals surface area contributed by atoms with Gasteiger partial charge in [0.25, 0.3) is 5.89 Å². The van der Waals surface area contributed by atoms with Crippen molar-refractivity contribution >= 4 is 22.5 Å². The lowest BCUT2D eigenvalue weighted by Gasteiger charge is -2.28. The standard InChI is InChI=1S/C18H18N4O2/c1-11-3-4-16-13(9-11)10-15(18-19-12(2)21-24-18)17(20-16)22-7-5-14(23)6-8-22/h3-4,9-10H,5-8H2,1-2H3. The first-order valence-electron chi connectivity index (χ1n) is 8.09. The Kier molecular flexibility index (Phi) is 3.52. The Balaban J connectivity index is 1.88. The molecule has 0 radical (unpaired) electrons. The minimum absolute atomic E-state index is 0.304. The Morgan fingerprint density at radius 1 is 1.08 bits per heavy atom. The summed E-state index contributed by atoms with van der Waals surface area (Å²) in [4.78, 5) is 22.9. The molecular weight excluding hydrogens is 304 g/mol. The fraction of sp³-hybridized carbons (Fsp3) is 0.333. The van der Waals surface area contributed by atoms with E-state index in [4.69, 9.17) is 9.51 Å². The Morgan fingerprint density at radius 2 is 1.88 bits per heavy atom. The second kappa shape index (κ2) is 5.70. The average molecular weight is 322 g/mol. The lowest BCUT2D eigenvalue weighted by Crippen LogP contribution is -2.34. The van der Waals surface area contributed by atoms with Gasteiger partial charge >= 0.3 is 0 Å². The Hall–Kier alpha value is -2.76. The van der Waals surface area contributed by atoms with Crippen LogP contribution in [0, 0.1) is 13.8 Å². The van der Waals surface area contributed by atoms with Gasteiger partial charge in [-0.25, -0.2) is 4.98 Å². The summed E-state index contributed by atoms with van der Waals surface area (Å²) < 4.78 is 5.39. The lowest BCUT2D eigenvalue weighted by atomic mass is 10.1. The molecule has 122 valence electrons. The zero-order chi connectivity index (χ0) is 16.7. The number of ketones is 1. The van der Waals surface area contributed by atoms with E-state index < -0.39 is 0 Å². The topological polar surface area (TPSA) is 72.1 Å². The highest BCUT2D eigenvalue weighted by molar-refractivity contribution is 5.89. The Labute approximate surface area is 139 Å². The maximum atomic E-state index is 11.6. The van der Waals surface area contributed by atoms with Gasteiger partial charge in [0, 0.05) is 31.3 Å². The van der Waals surface area contributed by atoms with Crippen molar-refractivity contribution in [1.29, 1.82) is 0 Å². The van der Waals surface area contributed by atoms with Crippen molar-refractivity contribution in [3.8, 4) is 11.5 Å². The van der Waals surface area contributed by atoms with E-state index >= 15 is 0 Å². The molecule has 1 aromatic carbocycles. The van der Waals surface area contributed by atoms with Gasteiger partial charge in [0.05, 0.1) is 11.1 Å². The summed E-state index contributed by atoms with van der Waals surface area (Å²) in [5, 5.41) is 4.94. The van der Waals surface area contributed by atoms with Gasteiger partial charge in [0.2, 0.25) is 0 Å². The van der Waals surface area contributed by atoms with E-state index in [0.717, 1.165) is 22.3 Å². The van der Waals surface area contributed by atoms with Crippen LogP contribution >= 0.6 is 0 Å². The number of rotatable bonds is 2. The molecule has 1 aliphatic heterocycles. The molecule has 0 unspecified atom stereocenters. The number of carbonyl (C=O) groups excluding carboxylic acids is 1. The molecule has 6 nitrogen and oxygen atoms in total. The number of fused-ring (bicyclic) bond motifs is 1. The molecule has 3 aromatic rings. The maximum absolute atomic E-state index is 11.6. The molecular formula is C18H18N4O2. The van der Waals surface area contributed by atoms with Crippen LogP contribution in [0.1, 0.15) is 24.2 Å². The quantitative estimate of drug-likeness (QED) is 0.722. The lowest BCUT2D eigenvalue weighted by molar-refractivity contribution is -0.119. The minimum atomic E-state index is 0.304. The van der Waals surface area contributed by atoms with Crippen molar-refractivity contribution in [3.05, 3.63) is 35.7 Å². The number of piperidine rings is 1. The SMILES string of the molecule is Cc1ccc2nc(N3CCC(=O)CC3)c(-c3nc(C)no3)cc2c1. The molecule has 0 N–H and O–H groups in total. The van der Waals surface area contributed by atoms with E-state index in [-0.39, 0.29) is 0 Å². The Morgan fingerprint density at radius 3 is 2.58 bits per heavy atom. The van der Waals surface area contributed by atoms with Crippen LogP contribution in [0.5, 0.6) is 0 Å². The number of Topliss-reactive ketones (excluding diaryl/α,β-unsaturated/α-hetero) is 1. The number of hydrogen-bond acceptors (Lipinski definition) is 6. The van der Waals surface area contributed by atoms with E-state index in [1.807, 2.05) is 12.1 Å². The van der Waals surface area contributed by atoms with Crippen molar-refractivity contribution < 1.29 is 9.32 Å². The van der Waals surface area contributed by atoms with E-state index in [9.17, 15) is 4.79 Å². The minimum Gasteiger partial charge on any atom is -0.355 e. The molecule has 1 aliphatic rings. The van der Waals surface area contributed by atoms with Gasteiger partial charge < -0.3 is 9.42 Å². The van der Waals surface area contributed by atoms with Crippen LogP contribution in [0.3, 0.4) is 0 Å². The zero-order valence-electron chi connectivity index (χ0n) is 13.7. The fourth-order valence-corrected chi connectivity index (χ4v) is 3.06. The van der Waals surface area contributed by atoms with Crippen LogP contribution in [0.4, 0.5) is 5.82 Å². The monoisotopic (exact) mass is 322 g/mol. The highest BCUT2D eigenvalue weighted by Crippen LogP contribution is 2.33. The van der Waals surface area contributed by atoms with Crippen molar-refractivity contribution in [2.75, 3.05) is 18.0 Å². The number of carbonyl (C=O) groups is 1. The van der Waals surface area contributed by atoms with Gasteiger partial charge in [0.15, 0.2) is 5.82 Å². The first-order valence-corrected chi connectivity index (χ1v) is 8.09. The fourth-order valence-electron chi connectivity index (χ4n) is 3.06. The number of benzene rings is 1. The number of anilines is 1. The van der Waals surface area contributed by atoms with Gasteiger partial charge in [-0.2, -0.15) is 4.98 Å². The molecule has 0 aliphatic carbocycles. The normalized spacial score (nSPS) is 15.2. The predicted molar refractivity (Wildman–Crippen MR) is 91.0 cm³/mol. The number of pyridine rings is 1. The van der Waals surface area contributed by atoms with Crippen LogP contribution in [-0.2, 0) is 4.79 Å². The van der Waals surface area contributed by atoms with E-state index in [2.05, 4.69) is 34.1 Å². The highest BCUT2D eigenvalue weighted by Gasteiger charge is 2.23. The molecule has 0 spiro atoms. The molecule has 6 heteroatoms. The van der Waals surface area contributed by atoms with Crippen LogP contribution < -0.4 is 4.90 Å². The van der Waals surface area contributed by atoms with E-state index in [1.54, 1.807) is 6.92 Å². The first kappa shape index (κ1) is 14.8. The van der Waals surface area contributed by atoms with Gasteiger partial charge in [-0.05, 0) is 32.0 Å². The smallest absolute Gasteiger partial charge is 0.261 e. The van der Waals surface area contributed by atoms with Gasteiger partial charge in [0.1, 0.15) is 11.6 Å². The van der Waals surface area contributed by atoms with Crippen molar-refractivity contribution in [1.82, 2.24) is 15.1 Å². The van der Waals surface area contributed by atoms with Crippen LogP contribution in [0.2, 0.25) is 0 Å². The molecule has 1 saturated heterocycles. The Bertz CT molecular complexity index is 922. The summed E-state index contributed by atoms with van der Waals surface area (Å²) in [5.41, 5.74) is 2.92. The van der Waals surface area contributed by atoms with Crippen LogP contribution in [0.25, 0.3) is 22.4 Å². The van der Waals surface area contributed by atoms with Gasteiger partial charge in [-0.1, -0.05) is 16.8 Å². The summed E-state index contributed by atoms with van der Waals surface area (Å²) in [6.07, 6.45) is 1.10. The summed E-state index contributed by atoms with van der Waals surface area (Å²) >= 11 is 0. The summed E-state index contributed by atoms with van der Waals surface area (Å²) in [6, 6.07) is 8.22. The van der Waals surface area contributed by atoms with Gasteiger partial charge in [-0.3, -0.25) is 4.79 Å². The molecule has 0 atom stereocenters. The second-order valence-corrected chi connectivity index (χ2v) is 6.23. The third-order valence-corrected chi connectivity index (χ3v) is 4.33. The molecule has 0 bridgehead atoms. The average Bonchev–Trinajstić information content (AvgIpc) is 3.01. The summed E-state index contributed by atoms with van der Waals surface area (Å²) in [5.74, 6) is 2.17. The predicted octanol–water partition coefficient (Wildman–Crippen LogP) is 3.07. The summed E-state index contributed by atoms with van der Waals surface area (Å²) in [7, 11) is 0. The second-order valence-electron chi connectivity index (χ2n) is 6.23. The third kappa shape index (κ3) is 2.64. The van der Waals surface area contributed by atoms with Crippen LogP contribution in [0.15, 0.2) is 28.8 Å². The number of nitrogens with zero attached hydrogens (tertiary/aromatic N) is 4. The maximum Gasteiger partial charge on any atom is 0.261 e. The first-order chi connectivity index (χ1) is 11.6. The number of aromatic nitrogens is 3. The van der Waals surface area contributed by atoms with Crippen molar-refractivity contribution in [2.24, 2.45) is 0 Å².